The van der Waals surface area contributed by atoms with Gasteiger partial charge in [0.15, 0.2) is 0 Å². The van der Waals surface area contributed by atoms with Crippen LogP contribution in [0.2, 0.25) is 0 Å². The summed E-state index contributed by atoms with van der Waals surface area (Å²) in [5.74, 6) is -1.05. The molecule has 3 rings (SSSR count). The SMILES string of the molecule is O=NN1[C@@H]2CC[C@H]1CC(OC(=O)[C@H](CO)c1ccccc1)C2. The number of rotatable bonds is 5. The number of esters is 1. The largest absolute Gasteiger partial charge is 0.462 e. The fourth-order valence-corrected chi connectivity index (χ4v) is 3.58. The minimum atomic E-state index is -0.652. The summed E-state index contributed by atoms with van der Waals surface area (Å²) in [4.78, 5) is 23.2. The summed E-state index contributed by atoms with van der Waals surface area (Å²) < 4.78 is 5.60. The average Bonchev–Trinajstić information content (AvgIpc) is 2.79. The van der Waals surface area contributed by atoms with E-state index in [-0.39, 0.29) is 24.8 Å². The Bertz CT molecular complexity index is 522. The molecule has 118 valence electrons. The predicted octanol–water partition coefficient (Wildman–Crippen LogP) is 1.98. The number of aliphatic hydroxyl groups is 1. The lowest BCUT2D eigenvalue weighted by molar-refractivity contribution is -0.155. The number of carbonyl (C=O) groups excluding carboxylic acids is 1. The van der Waals surface area contributed by atoms with Crippen molar-refractivity contribution in [3.05, 3.63) is 40.8 Å². The highest BCUT2D eigenvalue weighted by Gasteiger charge is 2.43. The number of benzene rings is 1. The Kier molecular flexibility index (Phi) is 4.38. The first kappa shape index (κ1) is 15.0. The van der Waals surface area contributed by atoms with Crippen LogP contribution < -0.4 is 0 Å². The van der Waals surface area contributed by atoms with Crippen LogP contribution in [0.5, 0.6) is 0 Å². The molecule has 0 amide bonds. The van der Waals surface area contributed by atoms with Gasteiger partial charge in [0.05, 0.1) is 24.0 Å². The van der Waals surface area contributed by atoms with E-state index in [1.807, 2.05) is 30.3 Å². The van der Waals surface area contributed by atoms with E-state index in [4.69, 9.17) is 4.74 Å². The first-order valence-corrected chi connectivity index (χ1v) is 7.70. The summed E-state index contributed by atoms with van der Waals surface area (Å²) in [6, 6.07) is 9.31. The molecule has 0 aliphatic carbocycles. The monoisotopic (exact) mass is 304 g/mol. The molecule has 2 bridgehead atoms. The van der Waals surface area contributed by atoms with Crippen molar-refractivity contribution in [3.63, 3.8) is 0 Å². The van der Waals surface area contributed by atoms with E-state index >= 15 is 0 Å². The molecule has 0 radical (unpaired) electrons. The smallest absolute Gasteiger partial charge is 0.316 e. The molecule has 4 atom stereocenters. The molecular formula is C16H20N2O4. The molecule has 0 spiro atoms. The number of fused-ring (bicyclic) bond motifs is 2. The third-order valence-corrected chi connectivity index (χ3v) is 4.70. The van der Waals surface area contributed by atoms with Gasteiger partial charge in [0.1, 0.15) is 12.0 Å². The number of piperidine rings is 1. The third-order valence-electron chi connectivity index (χ3n) is 4.70. The normalized spacial score (nSPS) is 28.2. The molecule has 1 unspecified atom stereocenters. The van der Waals surface area contributed by atoms with Gasteiger partial charge in [-0.3, -0.25) is 9.80 Å². The summed E-state index contributed by atoms with van der Waals surface area (Å²) in [6.07, 6.45) is 2.93. The van der Waals surface area contributed by atoms with Gasteiger partial charge in [0.25, 0.3) is 0 Å². The van der Waals surface area contributed by atoms with Gasteiger partial charge < -0.3 is 9.84 Å². The van der Waals surface area contributed by atoms with Crippen LogP contribution in [0.15, 0.2) is 35.6 Å². The van der Waals surface area contributed by atoms with Crippen molar-refractivity contribution >= 4 is 5.97 Å². The zero-order chi connectivity index (χ0) is 15.5. The molecule has 2 fully saturated rings. The number of nitrogens with zero attached hydrogens (tertiary/aromatic N) is 2. The Hall–Kier alpha value is -1.95. The average molecular weight is 304 g/mol. The molecule has 6 heteroatoms. The Morgan fingerprint density at radius 2 is 1.91 bits per heavy atom. The fraction of sp³-hybridized carbons (Fsp3) is 0.562. The number of hydrogen-bond donors (Lipinski definition) is 1. The van der Waals surface area contributed by atoms with Gasteiger partial charge in [-0.2, -0.15) is 0 Å². The highest BCUT2D eigenvalue weighted by atomic mass is 16.5. The van der Waals surface area contributed by atoms with Crippen LogP contribution in [-0.2, 0) is 9.53 Å². The van der Waals surface area contributed by atoms with E-state index < -0.39 is 11.9 Å². The van der Waals surface area contributed by atoms with E-state index in [1.54, 1.807) is 5.01 Å². The molecule has 1 aromatic rings. The van der Waals surface area contributed by atoms with Crippen LogP contribution in [0.25, 0.3) is 0 Å². The van der Waals surface area contributed by atoms with E-state index in [2.05, 4.69) is 5.29 Å². The lowest BCUT2D eigenvalue weighted by atomic mass is 9.99. The number of hydrogen-bond acceptors (Lipinski definition) is 5. The molecule has 22 heavy (non-hydrogen) atoms. The summed E-state index contributed by atoms with van der Waals surface area (Å²) >= 11 is 0. The molecule has 0 aromatic heterocycles. The van der Waals surface area contributed by atoms with Gasteiger partial charge in [0, 0.05) is 12.8 Å². The fourth-order valence-electron chi connectivity index (χ4n) is 3.58. The summed E-state index contributed by atoms with van der Waals surface area (Å²) in [6.45, 7) is -0.273. The second-order valence-electron chi connectivity index (χ2n) is 6.02. The Labute approximate surface area is 129 Å². The van der Waals surface area contributed by atoms with Crippen LogP contribution in [0.3, 0.4) is 0 Å². The lowest BCUT2D eigenvalue weighted by Crippen LogP contribution is -2.43. The van der Waals surface area contributed by atoms with Crippen LogP contribution in [0.1, 0.15) is 37.2 Å². The van der Waals surface area contributed by atoms with Crippen molar-refractivity contribution in [2.24, 2.45) is 5.29 Å². The van der Waals surface area contributed by atoms with Crippen molar-refractivity contribution in [3.8, 4) is 0 Å². The first-order chi connectivity index (χ1) is 10.7. The maximum Gasteiger partial charge on any atom is 0.316 e. The van der Waals surface area contributed by atoms with Crippen molar-refractivity contribution in [1.82, 2.24) is 5.01 Å². The summed E-state index contributed by atoms with van der Waals surface area (Å²) in [5.41, 5.74) is 0.755. The lowest BCUT2D eigenvalue weighted by Gasteiger charge is -2.34. The van der Waals surface area contributed by atoms with Crippen molar-refractivity contribution in [2.45, 2.75) is 49.8 Å². The second kappa shape index (κ2) is 6.44. The summed E-state index contributed by atoms with van der Waals surface area (Å²) in [5, 5.41) is 14.2. The molecule has 2 aliphatic heterocycles. The zero-order valence-electron chi connectivity index (χ0n) is 12.3. The van der Waals surface area contributed by atoms with Crippen molar-refractivity contribution < 1.29 is 14.6 Å². The van der Waals surface area contributed by atoms with E-state index in [1.165, 1.54) is 0 Å². The van der Waals surface area contributed by atoms with E-state index in [9.17, 15) is 14.8 Å². The topological polar surface area (TPSA) is 79.2 Å². The highest BCUT2D eigenvalue weighted by molar-refractivity contribution is 5.78. The van der Waals surface area contributed by atoms with Crippen LogP contribution in [-0.4, -0.2) is 40.9 Å². The van der Waals surface area contributed by atoms with Gasteiger partial charge in [-0.25, -0.2) is 0 Å². The number of aliphatic hydroxyl groups excluding tert-OH is 1. The molecule has 0 saturated carbocycles. The first-order valence-electron chi connectivity index (χ1n) is 7.70. The standard InChI is InChI=1S/C16H20N2O4/c19-10-15(11-4-2-1-3-5-11)16(20)22-14-8-12-6-7-13(9-14)18(12)17-21/h1-5,12-15,19H,6-10H2/t12-,13+,14?,15-/m1/s1. The highest BCUT2D eigenvalue weighted by Crippen LogP contribution is 2.37. The van der Waals surface area contributed by atoms with Gasteiger partial charge in [0.2, 0.25) is 0 Å². The second-order valence-corrected chi connectivity index (χ2v) is 6.02. The molecule has 2 heterocycles. The summed E-state index contributed by atoms with van der Waals surface area (Å²) in [7, 11) is 0. The number of ether oxygens (including phenoxy) is 1. The predicted molar refractivity (Wildman–Crippen MR) is 79.8 cm³/mol. The number of carbonyl (C=O) groups is 1. The number of nitroso groups, excluding NO2 is 1. The van der Waals surface area contributed by atoms with Crippen molar-refractivity contribution in [2.75, 3.05) is 6.61 Å². The van der Waals surface area contributed by atoms with Gasteiger partial charge in [-0.15, -0.1) is 4.91 Å². The Morgan fingerprint density at radius 3 is 2.45 bits per heavy atom. The maximum atomic E-state index is 12.3. The van der Waals surface area contributed by atoms with E-state index in [0.29, 0.717) is 12.8 Å². The molecule has 2 aliphatic rings. The molecule has 1 N–H and O–H groups in total. The van der Waals surface area contributed by atoms with Crippen LogP contribution in [0, 0.1) is 4.91 Å². The quantitative estimate of drug-likeness (QED) is 0.664. The minimum absolute atomic E-state index is 0.0818. The van der Waals surface area contributed by atoms with Crippen LogP contribution >= 0.6 is 0 Å². The van der Waals surface area contributed by atoms with Gasteiger partial charge in [-0.1, -0.05) is 30.3 Å². The Morgan fingerprint density at radius 1 is 1.27 bits per heavy atom. The van der Waals surface area contributed by atoms with Crippen LogP contribution in [0.4, 0.5) is 0 Å². The maximum absolute atomic E-state index is 12.3. The van der Waals surface area contributed by atoms with E-state index in [0.717, 1.165) is 18.4 Å². The molecule has 2 saturated heterocycles. The molecular weight excluding hydrogens is 284 g/mol. The molecule has 6 nitrogen and oxygen atoms in total. The Balaban J connectivity index is 1.63. The zero-order valence-corrected chi connectivity index (χ0v) is 12.3. The van der Waals surface area contributed by atoms with Gasteiger partial charge in [-0.05, 0) is 18.4 Å². The van der Waals surface area contributed by atoms with Crippen molar-refractivity contribution in [1.29, 1.82) is 0 Å². The van der Waals surface area contributed by atoms with Gasteiger partial charge >= 0.3 is 5.97 Å². The minimum Gasteiger partial charge on any atom is -0.462 e. The molecule has 1 aromatic carbocycles. The third kappa shape index (κ3) is 2.83.